The van der Waals surface area contributed by atoms with Crippen LogP contribution >= 0.6 is 22.6 Å². The molecule has 0 aliphatic carbocycles. The lowest BCUT2D eigenvalue weighted by Crippen LogP contribution is -2.47. The summed E-state index contributed by atoms with van der Waals surface area (Å²) in [4.78, 5) is 24.2. The SMILES string of the molecule is CCOC(=O)C1(CCI)CCN(C(=O)O)CC1. The van der Waals surface area contributed by atoms with Crippen LogP contribution in [0.2, 0.25) is 0 Å². The standard InChI is InChI=1S/C11H18INO4/c1-2-17-9(14)11(3-6-12)4-7-13(8-5-11)10(15)16/h2-8H2,1H3,(H,15,16). The number of nitrogens with zero attached hydrogens (tertiary/aromatic N) is 1. The average Bonchev–Trinajstić information content (AvgIpc) is 2.30. The molecule has 0 unspecified atom stereocenters. The van der Waals surface area contributed by atoms with Crippen LogP contribution in [0.4, 0.5) is 4.79 Å². The van der Waals surface area contributed by atoms with E-state index in [1.54, 1.807) is 6.92 Å². The number of alkyl halides is 1. The fourth-order valence-corrected chi connectivity index (χ4v) is 3.18. The number of halogens is 1. The highest BCUT2D eigenvalue weighted by molar-refractivity contribution is 14.1. The molecule has 1 fully saturated rings. The topological polar surface area (TPSA) is 66.8 Å². The van der Waals surface area contributed by atoms with Crippen molar-refractivity contribution in [1.29, 1.82) is 0 Å². The van der Waals surface area contributed by atoms with Crippen molar-refractivity contribution < 1.29 is 19.4 Å². The second kappa shape index (κ2) is 6.42. The van der Waals surface area contributed by atoms with Gasteiger partial charge in [0.2, 0.25) is 0 Å². The molecule has 0 saturated carbocycles. The van der Waals surface area contributed by atoms with E-state index in [-0.39, 0.29) is 5.97 Å². The normalized spacial score (nSPS) is 18.8. The zero-order valence-electron chi connectivity index (χ0n) is 9.95. The van der Waals surface area contributed by atoms with Gasteiger partial charge < -0.3 is 14.7 Å². The Kier molecular flexibility index (Phi) is 5.48. The van der Waals surface area contributed by atoms with Crippen molar-refractivity contribution in [1.82, 2.24) is 4.90 Å². The zero-order chi connectivity index (χ0) is 12.9. The predicted octanol–water partition coefficient (Wildman–Crippen LogP) is 2.13. The molecule has 0 aromatic heterocycles. The third kappa shape index (κ3) is 3.46. The Morgan fingerprint density at radius 2 is 2.00 bits per heavy atom. The van der Waals surface area contributed by atoms with Gasteiger partial charge in [-0.05, 0) is 26.2 Å². The van der Waals surface area contributed by atoms with Crippen molar-refractivity contribution in [2.45, 2.75) is 26.2 Å². The van der Waals surface area contributed by atoms with Gasteiger partial charge in [-0.1, -0.05) is 22.6 Å². The van der Waals surface area contributed by atoms with E-state index in [0.29, 0.717) is 32.5 Å². The number of ether oxygens (including phenoxy) is 1. The molecular weight excluding hydrogens is 337 g/mol. The molecule has 1 heterocycles. The molecule has 0 aromatic carbocycles. The van der Waals surface area contributed by atoms with Gasteiger partial charge in [0.05, 0.1) is 12.0 Å². The Morgan fingerprint density at radius 3 is 2.41 bits per heavy atom. The molecule has 5 nitrogen and oxygen atoms in total. The smallest absolute Gasteiger partial charge is 0.407 e. The fourth-order valence-electron chi connectivity index (χ4n) is 2.15. The molecule has 98 valence electrons. The molecule has 17 heavy (non-hydrogen) atoms. The fraction of sp³-hybridized carbons (Fsp3) is 0.818. The summed E-state index contributed by atoms with van der Waals surface area (Å²) >= 11 is 2.24. The number of hydrogen-bond donors (Lipinski definition) is 1. The number of esters is 1. The first kappa shape index (κ1) is 14.5. The molecule has 1 saturated heterocycles. The zero-order valence-corrected chi connectivity index (χ0v) is 12.1. The summed E-state index contributed by atoms with van der Waals surface area (Å²) in [5.74, 6) is -0.165. The average molecular weight is 355 g/mol. The minimum absolute atomic E-state index is 0.165. The van der Waals surface area contributed by atoms with Crippen LogP contribution in [0.5, 0.6) is 0 Å². The van der Waals surface area contributed by atoms with Crippen LogP contribution in [0.3, 0.4) is 0 Å². The van der Waals surface area contributed by atoms with Gasteiger partial charge in [0.25, 0.3) is 0 Å². The van der Waals surface area contributed by atoms with Crippen molar-refractivity contribution in [3.63, 3.8) is 0 Å². The van der Waals surface area contributed by atoms with E-state index in [9.17, 15) is 9.59 Å². The lowest BCUT2D eigenvalue weighted by Gasteiger charge is -2.38. The summed E-state index contributed by atoms with van der Waals surface area (Å²) in [7, 11) is 0. The van der Waals surface area contributed by atoms with Gasteiger partial charge in [0.1, 0.15) is 0 Å². The molecule has 1 rings (SSSR count). The van der Waals surface area contributed by atoms with Crippen molar-refractivity contribution in [2.75, 3.05) is 24.1 Å². The summed E-state index contributed by atoms with van der Waals surface area (Å²) in [6, 6.07) is 0. The summed E-state index contributed by atoms with van der Waals surface area (Å²) in [6.07, 6.45) is 0.999. The van der Waals surface area contributed by atoms with E-state index < -0.39 is 11.5 Å². The lowest BCUT2D eigenvalue weighted by atomic mass is 9.76. The van der Waals surface area contributed by atoms with E-state index in [1.165, 1.54) is 4.90 Å². The number of piperidine rings is 1. The van der Waals surface area contributed by atoms with Gasteiger partial charge in [-0.15, -0.1) is 0 Å². The van der Waals surface area contributed by atoms with E-state index in [0.717, 1.165) is 10.8 Å². The van der Waals surface area contributed by atoms with E-state index in [1.807, 2.05) is 0 Å². The minimum atomic E-state index is -0.906. The first-order valence-corrected chi connectivity index (χ1v) is 7.29. The Bertz CT molecular complexity index is 287. The number of carboxylic acid groups (broad SMARTS) is 1. The van der Waals surface area contributed by atoms with Crippen molar-refractivity contribution in [2.24, 2.45) is 5.41 Å². The number of amides is 1. The monoisotopic (exact) mass is 355 g/mol. The second-order valence-corrected chi connectivity index (χ2v) is 5.29. The van der Waals surface area contributed by atoms with Crippen LogP contribution < -0.4 is 0 Å². The van der Waals surface area contributed by atoms with Gasteiger partial charge in [-0.2, -0.15) is 0 Å². The predicted molar refractivity (Wildman–Crippen MR) is 71.4 cm³/mol. The van der Waals surface area contributed by atoms with Gasteiger partial charge in [-0.3, -0.25) is 4.79 Å². The van der Waals surface area contributed by atoms with E-state index >= 15 is 0 Å². The number of hydrogen-bond acceptors (Lipinski definition) is 3. The molecule has 1 N–H and O–H groups in total. The minimum Gasteiger partial charge on any atom is -0.466 e. The number of carbonyl (C=O) groups excluding carboxylic acids is 1. The highest BCUT2D eigenvalue weighted by Crippen LogP contribution is 2.37. The molecule has 0 spiro atoms. The third-order valence-electron chi connectivity index (χ3n) is 3.27. The molecule has 6 heteroatoms. The summed E-state index contributed by atoms with van der Waals surface area (Å²) in [5, 5.41) is 8.89. The quantitative estimate of drug-likeness (QED) is 0.477. The Labute approximate surface area is 115 Å². The van der Waals surface area contributed by atoms with E-state index in [4.69, 9.17) is 9.84 Å². The summed E-state index contributed by atoms with van der Waals surface area (Å²) in [5.41, 5.74) is -0.469. The van der Waals surface area contributed by atoms with Crippen molar-refractivity contribution >= 4 is 34.7 Å². The first-order valence-electron chi connectivity index (χ1n) is 5.77. The maximum absolute atomic E-state index is 12.0. The molecule has 1 aliphatic heterocycles. The first-order chi connectivity index (χ1) is 8.05. The third-order valence-corrected chi connectivity index (χ3v) is 3.81. The van der Waals surface area contributed by atoms with Crippen LogP contribution in [0.25, 0.3) is 0 Å². The second-order valence-electron chi connectivity index (χ2n) is 4.21. The van der Waals surface area contributed by atoms with Crippen LogP contribution in [-0.2, 0) is 9.53 Å². The van der Waals surface area contributed by atoms with Crippen molar-refractivity contribution in [3.05, 3.63) is 0 Å². The number of rotatable bonds is 4. The lowest BCUT2D eigenvalue weighted by molar-refractivity contribution is -0.158. The Balaban J connectivity index is 2.69. The maximum atomic E-state index is 12.0. The van der Waals surface area contributed by atoms with Gasteiger partial charge in [-0.25, -0.2) is 4.79 Å². The number of carbonyl (C=O) groups is 2. The Morgan fingerprint density at radius 1 is 1.41 bits per heavy atom. The highest BCUT2D eigenvalue weighted by atomic mass is 127. The molecular formula is C11H18INO4. The molecule has 0 bridgehead atoms. The summed E-state index contributed by atoms with van der Waals surface area (Å²) < 4.78 is 6.00. The van der Waals surface area contributed by atoms with Crippen LogP contribution in [0, 0.1) is 5.41 Å². The molecule has 0 radical (unpaired) electrons. The molecule has 1 amide bonds. The van der Waals surface area contributed by atoms with Crippen LogP contribution in [0.15, 0.2) is 0 Å². The molecule has 1 aliphatic rings. The van der Waals surface area contributed by atoms with E-state index in [2.05, 4.69) is 22.6 Å². The molecule has 0 aromatic rings. The highest BCUT2D eigenvalue weighted by Gasteiger charge is 2.42. The molecule has 0 atom stereocenters. The largest absolute Gasteiger partial charge is 0.466 e. The van der Waals surface area contributed by atoms with Gasteiger partial charge in [0.15, 0.2) is 0 Å². The maximum Gasteiger partial charge on any atom is 0.407 e. The van der Waals surface area contributed by atoms with Crippen molar-refractivity contribution in [3.8, 4) is 0 Å². The van der Waals surface area contributed by atoms with Gasteiger partial charge >= 0.3 is 12.1 Å². The van der Waals surface area contributed by atoms with Crippen LogP contribution in [-0.4, -0.2) is 46.2 Å². The van der Waals surface area contributed by atoms with Gasteiger partial charge in [0, 0.05) is 17.5 Å². The van der Waals surface area contributed by atoms with Crippen LogP contribution in [0.1, 0.15) is 26.2 Å². The Hall–Kier alpha value is -0.530. The number of likely N-dealkylation sites (tertiary alicyclic amines) is 1. The summed E-state index contributed by atoms with van der Waals surface area (Å²) in [6.45, 7) is 3.02.